The number of sulfone groups is 1. The van der Waals surface area contributed by atoms with E-state index < -0.39 is 21.0 Å². The lowest BCUT2D eigenvalue weighted by molar-refractivity contribution is -0.115. The van der Waals surface area contributed by atoms with Crippen LogP contribution in [0.2, 0.25) is 15.1 Å². The highest BCUT2D eigenvalue weighted by atomic mass is 35.5. The summed E-state index contributed by atoms with van der Waals surface area (Å²) in [5.41, 5.74) is 0.941. The molecule has 128 valence electrons. The molecular weight excluding hydrogens is 393 g/mol. The number of benzene rings is 2. The first kappa shape index (κ1) is 19.1. The van der Waals surface area contributed by atoms with Crippen molar-refractivity contribution in [3.63, 3.8) is 0 Å². The second kappa shape index (κ2) is 7.74. The highest BCUT2D eigenvalue weighted by molar-refractivity contribution is 7.92. The van der Waals surface area contributed by atoms with E-state index in [1.54, 1.807) is 30.3 Å². The molecule has 4 nitrogen and oxygen atoms in total. The highest BCUT2D eigenvalue weighted by Crippen LogP contribution is 2.24. The normalized spacial score (nSPS) is 12.7. The Kier molecular flexibility index (Phi) is 6.15. The third-order valence-electron chi connectivity index (χ3n) is 3.37. The maximum Gasteiger partial charge on any atom is 0.242 e. The molecule has 0 aliphatic carbocycles. The molecular formula is C16H14Cl3NO3S. The van der Waals surface area contributed by atoms with Crippen LogP contribution in [0.25, 0.3) is 0 Å². The Hall–Kier alpha value is -1.27. The van der Waals surface area contributed by atoms with Crippen LogP contribution in [0.5, 0.6) is 0 Å². The number of hydrogen-bond acceptors (Lipinski definition) is 3. The second-order valence-electron chi connectivity index (χ2n) is 5.19. The van der Waals surface area contributed by atoms with Gasteiger partial charge in [0.15, 0.2) is 9.84 Å². The molecule has 0 spiro atoms. The minimum Gasteiger partial charge on any atom is -0.325 e. The number of amides is 1. The predicted octanol–water partition coefficient (Wildman–Crippen LogP) is 4.59. The molecule has 0 bridgehead atoms. The molecule has 1 amide bonds. The molecule has 0 aromatic heterocycles. The van der Waals surface area contributed by atoms with Gasteiger partial charge < -0.3 is 5.32 Å². The van der Waals surface area contributed by atoms with Gasteiger partial charge in [0.05, 0.1) is 15.8 Å². The number of nitrogens with one attached hydrogen (secondary N) is 1. The summed E-state index contributed by atoms with van der Waals surface area (Å²) in [5, 5.41) is 2.46. The maximum atomic E-state index is 12.4. The standard InChI is InChI=1S/C16H14Cl3NO3S/c1-10(16(21)20-13-5-3-12(17)4-6-13)24(22,23)9-11-2-7-14(18)15(19)8-11/h2-8,10H,9H2,1H3,(H,20,21)/t10-/m0/s1. The summed E-state index contributed by atoms with van der Waals surface area (Å²) < 4.78 is 24.8. The number of halogens is 3. The molecule has 24 heavy (non-hydrogen) atoms. The van der Waals surface area contributed by atoms with Crippen molar-refractivity contribution in [3.8, 4) is 0 Å². The van der Waals surface area contributed by atoms with E-state index >= 15 is 0 Å². The summed E-state index contributed by atoms with van der Waals surface area (Å²) in [7, 11) is -3.71. The summed E-state index contributed by atoms with van der Waals surface area (Å²) in [6.07, 6.45) is 0. The molecule has 0 aliphatic rings. The van der Waals surface area contributed by atoms with Crippen LogP contribution in [-0.2, 0) is 20.4 Å². The van der Waals surface area contributed by atoms with Gasteiger partial charge in [0.1, 0.15) is 5.25 Å². The van der Waals surface area contributed by atoms with Crippen molar-refractivity contribution in [3.05, 3.63) is 63.1 Å². The van der Waals surface area contributed by atoms with Crippen LogP contribution in [0.1, 0.15) is 12.5 Å². The topological polar surface area (TPSA) is 63.2 Å². The van der Waals surface area contributed by atoms with Gasteiger partial charge in [-0.15, -0.1) is 0 Å². The molecule has 0 aliphatic heterocycles. The van der Waals surface area contributed by atoms with Crippen LogP contribution < -0.4 is 5.32 Å². The SMILES string of the molecule is C[C@@H](C(=O)Nc1ccc(Cl)cc1)S(=O)(=O)Cc1ccc(Cl)c(Cl)c1. The summed E-state index contributed by atoms with van der Waals surface area (Å²) in [6.45, 7) is 1.35. The fourth-order valence-corrected chi connectivity index (χ4v) is 3.65. The van der Waals surface area contributed by atoms with E-state index in [-0.39, 0.29) is 10.8 Å². The van der Waals surface area contributed by atoms with E-state index in [9.17, 15) is 13.2 Å². The van der Waals surface area contributed by atoms with Crippen molar-refractivity contribution < 1.29 is 13.2 Å². The van der Waals surface area contributed by atoms with Crippen LogP contribution in [0.15, 0.2) is 42.5 Å². The number of hydrogen-bond donors (Lipinski definition) is 1. The first-order valence-electron chi connectivity index (χ1n) is 6.91. The number of carbonyl (C=O) groups excluding carboxylic acids is 1. The zero-order chi connectivity index (χ0) is 17.9. The molecule has 0 saturated carbocycles. The number of anilines is 1. The second-order valence-corrected chi connectivity index (χ2v) is 8.77. The Morgan fingerprint density at radius 1 is 1.04 bits per heavy atom. The third kappa shape index (κ3) is 4.86. The van der Waals surface area contributed by atoms with Gasteiger partial charge in [-0.25, -0.2) is 8.42 Å². The van der Waals surface area contributed by atoms with E-state index in [2.05, 4.69) is 5.32 Å². The van der Waals surface area contributed by atoms with Crippen molar-refractivity contribution in [2.45, 2.75) is 17.9 Å². The van der Waals surface area contributed by atoms with Crippen molar-refractivity contribution in [1.29, 1.82) is 0 Å². The van der Waals surface area contributed by atoms with Crippen LogP contribution in [0, 0.1) is 0 Å². The largest absolute Gasteiger partial charge is 0.325 e. The summed E-state index contributed by atoms with van der Waals surface area (Å²) in [5.74, 6) is -0.920. The van der Waals surface area contributed by atoms with Crippen LogP contribution in [0.3, 0.4) is 0 Å². The molecule has 0 unspecified atom stereocenters. The molecule has 0 fully saturated rings. The first-order chi connectivity index (χ1) is 11.2. The van der Waals surface area contributed by atoms with Crippen molar-refractivity contribution >= 4 is 56.2 Å². The number of rotatable bonds is 5. The van der Waals surface area contributed by atoms with Crippen molar-refractivity contribution in [2.75, 3.05) is 5.32 Å². The quantitative estimate of drug-likeness (QED) is 0.790. The molecule has 2 aromatic carbocycles. The molecule has 1 atom stereocenters. The Morgan fingerprint density at radius 2 is 1.67 bits per heavy atom. The fraction of sp³-hybridized carbons (Fsp3) is 0.188. The highest BCUT2D eigenvalue weighted by Gasteiger charge is 2.28. The van der Waals surface area contributed by atoms with E-state index in [0.717, 1.165) is 0 Å². The fourth-order valence-electron chi connectivity index (χ4n) is 1.93. The molecule has 2 rings (SSSR count). The monoisotopic (exact) mass is 405 g/mol. The zero-order valence-corrected chi connectivity index (χ0v) is 15.7. The lowest BCUT2D eigenvalue weighted by Gasteiger charge is -2.14. The van der Waals surface area contributed by atoms with E-state index in [1.807, 2.05) is 0 Å². The van der Waals surface area contributed by atoms with Crippen LogP contribution in [-0.4, -0.2) is 19.6 Å². The Labute approximate surface area is 155 Å². The minimum absolute atomic E-state index is 0.266. The molecule has 2 aromatic rings. The van der Waals surface area contributed by atoms with Gasteiger partial charge in [0, 0.05) is 10.7 Å². The summed E-state index contributed by atoms with van der Waals surface area (Å²) in [6, 6.07) is 11.0. The average Bonchev–Trinajstić information content (AvgIpc) is 2.52. The lowest BCUT2D eigenvalue weighted by atomic mass is 10.2. The Bertz CT molecular complexity index is 851. The van der Waals surface area contributed by atoms with E-state index in [1.165, 1.54) is 19.1 Å². The summed E-state index contributed by atoms with van der Waals surface area (Å²) >= 11 is 17.5. The zero-order valence-electron chi connectivity index (χ0n) is 12.6. The van der Waals surface area contributed by atoms with Gasteiger partial charge in [-0.05, 0) is 48.9 Å². The smallest absolute Gasteiger partial charge is 0.242 e. The van der Waals surface area contributed by atoms with Crippen LogP contribution >= 0.6 is 34.8 Å². The van der Waals surface area contributed by atoms with E-state index in [4.69, 9.17) is 34.8 Å². The minimum atomic E-state index is -3.71. The van der Waals surface area contributed by atoms with Crippen LogP contribution in [0.4, 0.5) is 5.69 Å². The Balaban J connectivity index is 2.10. The molecule has 0 radical (unpaired) electrons. The molecule has 8 heteroatoms. The van der Waals surface area contributed by atoms with Crippen molar-refractivity contribution in [1.82, 2.24) is 0 Å². The lowest BCUT2D eigenvalue weighted by Crippen LogP contribution is -2.33. The summed E-state index contributed by atoms with van der Waals surface area (Å²) in [4.78, 5) is 12.2. The maximum absolute atomic E-state index is 12.4. The van der Waals surface area contributed by atoms with E-state index in [0.29, 0.717) is 21.3 Å². The van der Waals surface area contributed by atoms with Gasteiger partial charge in [0.2, 0.25) is 5.91 Å². The van der Waals surface area contributed by atoms with Gasteiger partial charge in [-0.3, -0.25) is 4.79 Å². The molecule has 0 saturated heterocycles. The Morgan fingerprint density at radius 3 is 2.25 bits per heavy atom. The molecule has 1 N–H and O–H groups in total. The van der Waals surface area contributed by atoms with Gasteiger partial charge in [0.25, 0.3) is 0 Å². The first-order valence-corrected chi connectivity index (χ1v) is 9.76. The third-order valence-corrected chi connectivity index (χ3v) is 6.39. The average molecular weight is 407 g/mol. The predicted molar refractivity (Wildman–Crippen MR) is 98.6 cm³/mol. The van der Waals surface area contributed by atoms with Gasteiger partial charge in [-0.1, -0.05) is 40.9 Å². The number of carbonyl (C=O) groups is 1. The van der Waals surface area contributed by atoms with Gasteiger partial charge >= 0.3 is 0 Å². The van der Waals surface area contributed by atoms with Crippen molar-refractivity contribution in [2.24, 2.45) is 0 Å². The van der Waals surface area contributed by atoms with Gasteiger partial charge in [-0.2, -0.15) is 0 Å². The molecule has 0 heterocycles.